The molecule has 12 heavy (non-hydrogen) atoms. The number of aromatic nitrogens is 2. The van der Waals surface area contributed by atoms with Crippen molar-refractivity contribution in [1.82, 2.24) is 9.97 Å². The summed E-state index contributed by atoms with van der Waals surface area (Å²) in [4.78, 5) is 9.38. The number of hydrogen-bond donors (Lipinski definition) is 1. The predicted octanol–water partition coefficient (Wildman–Crippen LogP) is 0.394. The van der Waals surface area contributed by atoms with Gasteiger partial charge in [0.1, 0.15) is 12.0 Å². The van der Waals surface area contributed by atoms with E-state index in [1.54, 1.807) is 11.9 Å². The average molecular weight is 162 g/mol. The van der Waals surface area contributed by atoms with Gasteiger partial charge in [-0.1, -0.05) is 6.42 Å². The SMILES string of the molecule is C#CN(C)c1c(C)ncnc1N. The molecule has 0 atom stereocenters. The predicted molar refractivity (Wildman–Crippen MR) is 48.4 cm³/mol. The Morgan fingerprint density at radius 2 is 2.25 bits per heavy atom. The maximum atomic E-state index is 5.61. The van der Waals surface area contributed by atoms with E-state index >= 15 is 0 Å². The molecular weight excluding hydrogens is 152 g/mol. The first-order chi connectivity index (χ1) is 5.66. The van der Waals surface area contributed by atoms with Gasteiger partial charge < -0.3 is 5.73 Å². The van der Waals surface area contributed by atoms with E-state index in [2.05, 4.69) is 16.0 Å². The van der Waals surface area contributed by atoms with Crippen LogP contribution < -0.4 is 10.6 Å². The van der Waals surface area contributed by atoms with Crippen LogP contribution in [-0.4, -0.2) is 17.0 Å². The monoisotopic (exact) mass is 162 g/mol. The minimum absolute atomic E-state index is 0.406. The smallest absolute Gasteiger partial charge is 0.151 e. The molecule has 0 amide bonds. The van der Waals surface area contributed by atoms with Crippen LogP contribution in [0.2, 0.25) is 0 Å². The van der Waals surface area contributed by atoms with Gasteiger partial charge in [-0.2, -0.15) is 0 Å². The van der Waals surface area contributed by atoms with E-state index in [4.69, 9.17) is 12.2 Å². The van der Waals surface area contributed by atoms with E-state index in [0.29, 0.717) is 11.5 Å². The lowest BCUT2D eigenvalue weighted by Crippen LogP contribution is -2.13. The zero-order valence-electron chi connectivity index (χ0n) is 7.07. The van der Waals surface area contributed by atoms with Crippen molar-refractivity contribution in [3.8, 4) is 12.5 Å². The minimum Gasteiger partial charge on any atom is -0.382 e. The molecule has 0 fully saturated rings. The number of nitrogens with two attached hydrogens (primary N) is 1. The lowest BCUT2D eigenvalue weighted by Gasteiger charge is -2.13. The van der Waals surface area contributed by atoms with Crippen molar-refractivity contribution in [2.24, 2.45) is 0 Å². The van der Waals surface area contributed by atoms with Gasteiger partial charge in [-0.3, -0.25) is 4.90 Å². The van der Waals surface area contributed by atoms with Crippen molar-refractivity contribution in [1.29, 1.82) is 0 Å². The zero-order chi connectivity index (χ0) is 9.14. The van der Waals surface area contributed by atoms with Crippen LogP contribution in [0.4, 0.5) is 11.5 Å². The lowest BCUT2D eigenvalue weighted by molar-refractivity contribution is 1.07. The summed E-state index contributed by atoms with van der Waals surface area (Å²) in [5, 5.41) is 0. The van der Waals surface area contributed by atoms with Gasteiger partial charge in [-0.15, -0.1) is 0 Å². The highest BCUT2D eigenvalue weighted by Gasteiger charge is 2.07. The van der Waals surface area contributed by atoms with Crippen molar-refractivity contribution in [2.75, 3.05) is 17.7 Å². The van der Waals surface area contributed by atoms with Crippen LogP contribution in [0.5, 0.6) is 0 Å². The molecule has 0 aromatic carbocycles. The Labute approximate surface area is 71.4 Å². The van der Waals surface area contributed by atoms with Gasteiger partial charge in [0.15, 0.2) is 5.82 Å². The average Bonchev–Trinajstić information content (AvgIpc) is 2.03. The molecule has 1 heterocycles. The Kier molecular flexibility index (Phi) is 2.15. The third-order valence-corrected chi connectivity index (χ3v) is 1.56. The number of anilines is 2. The van der Waals surface area contributed by atoms with Crippen molar-refractivity contribution >= 4 is 11.5 Å². The zero-order valence-corrected chi connectivity index (χ0v) is 7.07. The van der Waals surface area contributed by atoms with E-state index in [1.807, 2.05) is 6.92 Å². The van der Waals surface area contributed by atoms with Crippen molar-refractivity contribution in [2.45, 2.75) is 6.92 Å². The maximum Gasteiger partial charge on any atom is 0.151 e. The first-order valence-corrected chi connectivity index (χ1v) is 3.44. The van der Waals surface area contributed by atoms with E-state index < -0.39 is 0 Å². The second kappa shape index (κ2) is 3.09. The summed E-state index contributed by atoms with van der Waals surface area (Å²) < 4.78 is 0. The molecule has 4 nitrogen and oxygen atoms in total. The second-order valence-corrected chi connectivity index (χ2v) is 2.38. The van der Waals surface area contributed by atoms with Gasteiger partial charge in [0, 0.05) is 13.1 Å². The topological polar surface area (TPSA) is 55.0 Å². The molecule has 1 aromatic rings. The number of nitrogen functional groups attached to an aromatic ring is 1. The van der Waals surface area contributed by atoms with Crippen molar-refractivity contribution in [3.63, 3.8) is 0 Å². The fourth-order valence-electron chi connectivity index (χ4n) is 0.964. The summed E-state index contributed by atoms with van der Waals surface area (Å²) in [5.74, 6) is 0.406. The highest BCUT2D eigenvalue weighted by atomic mass is 15.1. The molecule has 0 saturated carbocycles. The van der Waals surface area contributed by atoms with Crippen LogP contribution >= 0.6 is 0 Å². The molecule has 0 radical (unpaired) electrons. The first-order valence-electron chi connectivity index (χ1n) is 3.44. The standard InChI is InChI=1S/C8H10N4/c1-4-12(3)7-6(2)10-5-11-8(7)9/h1,5H,2-3H3,(H2,9,10,11). The summed E-state index contributed by atoms with van der Waals surface area (Å²) in [6, 6.07) is 2.44. The highest BCUT2D eigenvalue weighted by Crippen LogP contribution is 2.20. The van der Waals surface area contributed by atoms with Gasteiger partial charge in [0.2, 0.25) is 0 Å². The van der Waals surface area contributed by atoms with Crippen molar-refractivity contribution < 1.29 is 0 Å². The fourth-order valence-corrected chi connectivity index (χ4v) is 0.964. The molecule has 0 aliphatic rings. The van der Waals surface area contributed by atoms with Gasteiger partial charge in [-0.05, 0) is 6.92 Å². The quantitative estimate of drug-likeness (QED) is 0.479. The van der Waals surface area contributed by atoms with Crippen LogP contribution in [0.1, 0.15) is 5.69 Å². The normalized spacial score (nSPS) is 9.08. The molecule has 62 valence electrons. The Hall–Kier alpha value is -1.76. The molecule has 0 aliphatic heterocycles. The molecule has 0 saturated heterocycles. The van der Waals surface area contributed by atoms with Crippen LogP contribution in [0.3, 0.4) is 0 Å². The molecule has 0 spiro atoms. The van der Waals surface area contributed by atoms with Gasteiger partial charge in [-0.25, -0.2) is 9.97 Å². The van der Waals surface area contributed by atoms with Gasteiger partial charge in [0.05, 0.1) is 5.69 Å². The van der Waals surface area contributed by atoms with Crippen LogP contribution in [0, 0.1) is 19.4 Å². The van der Waals surface area contributed by atoms with E-state index in [-0.39, 0.29) is 0 Å². The van der Waals surface area contributed by atoms with E-state index in [9.17, 15) is 0 Å². The molecule has 1 aromatic heterocycles. The Morgan fingerprint density at radius 3 is 2.75 bits per heavy atom. The fraction of sp³-hybridized carbons (Fsp3) is 0.250. The molecule has 0 aliphatic carbocycles. The molecule has 4 heteroatoms. The number of aryl methyl sites for hydroxylation is 1. The summed E-state index contributed by atoms with van der Waals surface area (Å²) in [6.45, 7) is 1.83. The van der Waals surface area contributed by atoms with Crippen LogP contribution in [-0.2, 0) is 0 Å². The minimum atomic E-state index is 0.406. The third kappa shape index (κ3) is 1.30. The molecule has 1 rings (SSSR count). The Bertz CT molecular complexity index is 306. The maximum absolute atomic E-state index is 5.61. The molecule has 0 unspecified atom stereocenters. The van der Waals surface area contributed by atoms with E-state index in [1.165, 1.54) is 6.33 Å². The number of rotatable bonds is 1. The first kappa shape index (κ1) is 8.34. The number of hydrogen-bond acceptors (Lipinski definition) is 4. The summed E-state index contributed by atoms with van der Waals surface area (Å²) in [6.07, 6.45) is 6.62. The number of terminal acetylenes is 1. The largest absolute Gasteiger partial charge is 0.382 e. The van der Waals surface area contributed by atoms with Gasteiger partial charge in [0.25, 0.3) is 0 Å². The Balaban J connectivity index is 3.23. The summed E-state index contributed by atoms with van der Waals surface area (Å²) in [5.41, 5.74) is 7.08. The summed E-state index contributed by atoms with van der Waals surface area (Å²) in [7, 11) is 1.74. The summed E-state index contributed by atoms with van der Waals surface area (Å²) >= 11 is 0. The van der Waals surface area contributed by atoms with Crippen LogP contribution in [0.15, 0.2) is 6.33 Å². The number of nitrogens with zero attached hydrogens (tertiary/aromatic N) is 3. The second-order valence-electron chi connectivity index (χ2n) is 2.38. The van der Waals surface area contributed by atoms with E-state index in [0.717, 1.165) is 5.69 Å². The third-order valence-electron chi connectivity index (χ3n) is 1.56. The van der Waals surface area contributed by atoms with Gasteiger partial charge >= 0.3 is 0 Å². The molecule has 0 bridgehead atoms. The molecule has 2 N–H and O–H groups in total. The van der Waals surface area contributed by atoms with Crippen LogP contribution in [0.25, 0.3) is 0 Å². The molecular formula is C8H10N4. The lowest BCUT2D eigenvalue weighted by atomic mass is 10.3. The highest BCUT2D eigenvalue weighted by molar-refractivity contribution is 5.67. The Morgan fingerprint density at radius 1 is 1.58 bits per heavy atom. The van der Waals surface area contributed by atoms with Crippen molar-refractivity contribution in [3.05, 3.63) is 12.0 Å².